The third-order valence-corrected chi connectivity index (χ3v) is 5.32. The van der Waals surface area contributed by atoms with Gasteiger partial charge in [-0.05, 0) is 17.0 Å². The Labute approximate surface area is 121 Å². The SMILES string of the molecule is NCc1csc(S(=O)(=O)Nc2c(F)c(F)cc(F)c2F)c1. The zero-order valence-corrected chi connectivity index (χ0v) is 11.8. The van der Waals surface area contributed by atoms with E-state index >= 15 is 0 Å². The van der Waals surface area contributed by atoms with Gasteiger partial charge in [0.2, 0.25) is 0 Å². The molecule has 0 saturated carbocycles. The number of benzene rings is 1. The molecular formula is C11H8F4N2O2S2. The maximum absolute atomic E-state index is 13.4. The number of halogens is 4. The average molecular weight is 340 g/mol. The van der Waals surface area contributed by atoms with Crippen molar-refractivity contribution >= 4 is 27.0 Å². The van der Waals surface area contributed by atoms with Crippen molar-refractivity contribution in [3.8, 4) is 0 Å². The zero-order valence-electron chi connectivity index (χ0n) is 10.2. The van der Waals surface area contributed by atoms with Gasteiger partial charge in [0.25, 0.3) is 10.0 Å². The lowest BCUT2D eigenvalue weighted by Gasteiger charge is -2.09. The first-order valence-electron chi connectivity index (χ1n) is 5.39. The minimum absolute atomic E-state index is 0.0138. The predicted molar refractivity (Wildman–Crippen MR) is 69.3 cm³/mol. The van der Waals surface area contributed by atoms with Crippen molar-refractivity contribution in [1.29, 1.82) is 0 Å². The summed E-state index contributed by atoms with van der Waals surface area (Å²) in [6.45, 7) is 0.0728. The number of thiophene rings is 1. The molecule has 0 aliphatic rings. The van der Waals surface area contributed by atoms with E-state index < -0.39 is 39.0 Å². The minimum Gasteiger partial charge on any atom is -0.326 e. The first-order valence-corrected chi connectivity index (χ1v) is 7.76. The Morgan fingerprint density at radius 1 is 1.10 bits per heavy atom. The number of hydrogen-bond acceptors (Lipinski definition) is 4. The monoisotopic (exact) mass is 340 g/mol. The Hall–Kier alpha value is -1.65. The normalized spacial score (nSPS) is 11.7. The molecule has 2 rings (SSSR count). The van der Waals surface area contributed by atoms with Crippen LogP contribution in [0.1, 0.15) is 5.56 Å². The Balaban J connectivity index is 2.46. The van der Waals surface area contributed by atoms with Crippen LogP contribution >= 0.6 is 11.3 Å². The molecule has 0 spiro atoms. The van der Waals surface area contributed by atoms with Crippen LogP contribution < -0.4 is 10.5 Å². The highest BCUT2D eigenvalue weighted by molar-refractivity contribution is 7.94. The number of rotatable bonds is 4. The maximum atomic E-state index is 13.4. The Morgan fingerprint density at radius 3 is 2.14 bits per heavy atom. The summed E-state index contributed by atoms with van der Waals surface area (Å²) in [6.07, 6.45) is 0. The van der Waals surface area contributed by atoms with Crippen LogP contribution in [0.15, 0.2) is 21.7 Å². The lowest BCUT2D eigenvalue weighted by molar-refractivity contribution is 0.459. The molecule has 0 radical (unpaired) electrons. The molecule has 0 amide bonds. The molecule has 1 aromatic heterocycles. The molecule has 0 saturated heterocycles. The van der Waals surface area contributed by atoms with Crippen molar-refractivity contribution in [3.05, 3.63) is 46.3 Å². The number of sulfonamides is 1. The van der Waals surface area contributed by atoms with Gasteiger partial charge < -0.3 is 5.73 Å². The number of anilines is 1. The molecule has 114 valence electrons. The summed E-state index contributed by atoms with van der Waals surface area (Å²) in [6, 6.07) is 1.18. The molecule has 4 nitrogen and oxygen atoms in total. The number of nitrogens with two attached hydrogens (primary N) is 1. The van der Waals surface area contributed by atoms with E-state index in [1.807, 2.05) is 0 Å². The van der Waals surface area contributed by atoms with Crippen LogP contribution in [0.3, 0.4) is 0 Å². The third-order valence-electron chi connectivity index (χ3n) is 2.48. The summed E-state index contributed by atoms with van der Waals surface area (Å²) in [5.74, 6) is -7.07. The molecule has 0 atom stereocenters. The lowest BCUT2D eigenvalue weighted by Crippen LogP contribution is -2.15. The smallest absolute Gasteiger partial charge is 0.271 e. The van der Waals surface area contributed by atoms with Crippen LogP contribution in [-0.4, -0.2) is 8.42 Å². The minimum atomic E-state index is -4.38. The molecule has 0 aliphatic heterocycles. The first-order chi connectivity index (χ1) is 9.76. The largest absolute Gasteiger partial charge is 0.326 e. The van der Waals surface area contributed by atoms with E-state index in [1.165, 1.54) is 16.2 Å². The lowest BCUT2D eigenvalue weighted by atomic mass is 10.3. The summed E-state index contributed by atoms with van der Waals surface area (Å²) in [5.41, 5.74) is 4.40. The molecule has 2 aromatic rings. The predicted octanol–water partition coefficient (Wildman–Crippen LogP) is 2.56. The van der Waals surface area contributed by atoms with Crippen LogP contribution in [0, 0.1) is 23.3 Å². The Kier molecular flexibility index (Phi) is 4.21. The second-order valence-electron chi connectivity index (χ2n) is 3.93. The van der Waals surface area contributed by atoms with E-state index in [2.05, 4.69) is 0 Å². The Bertz CT molecular complexity index is 764. The summed E-state index contributed by atoms with van der Waals surface area (Å²) < 4.78 is 78.0. The van der Waals surface area contributed by atoms with Gasteiger partial charge in [0.1, 0.15) is 9.90 Å². The van der Waals surface area contributed by atoms with Gasteiger partial charge in [-0.2, -0.15) is 0 Å². The number of hydrogen-bond donors (Lipinski definition) is 2. The highest BCUT2D eigenvalue weighted by Gasteiger charge is 2.25. The number of nitrogens with one attached hydrogen (secondary N) is 1. The van der Waals surface area contributed by atoms with Crippen LogP contribution in [0.25, 0.3) is 0 Å². The quantitative estimate of drug-likeness (QED) is 0.664. The van der Waals surface area contributed by atoms with Gasteiger partial charge >= 0.3 is 0 Å². The standard InChI is InChI=1S/C11H8F4N2O2S2/c12-6-2-7(13)10(15)11(9(6)14)17-21(18,19)8-1-5(3-16)4-20-8/h1-2,4,17H,3,16H2. The highest BCUT2D eigenvalue weighted by atomic mass is 32.2. The van der Waals surface area contributed by atoms with Gasteiger partial charge in [0.15, 0.2) is 23.3 Å². The first kappa shape index (κ1) is 15.7. The third kappa shape index (κ3) is 3.01. The van der Waals surface area contributed by atoms with E-state index in [1.54, 1.807) is 0 Å². The molecule has 0 bridgehead atoms. The van der Waals surface area contributed by atoms with Gasteiger partial charge in [-0.1, -0.05) is 0 Å². The highest BCUT2D eigenvalue weighted by Crippen LogP contribution is 2.28. The van der Waals surface area contributed by atoms with Crippen molar-refractivity contribution in [1.82, 2.24) is 0 Å². The van der Waals surface area contributed by atoms with Crippen molar-refractivity contribution in [2.75, 3.05) is 4.72 Å². The second-order valence-corrected chi connectivity index (χ2v) is 6.75. The average Bonchev–Trinajstić information content (AvgIpc) is 2.91. The van der Waals surface area contributed by atoms with Crippen molar-refractivity contribution in [2.24, 2.45) is 5.73 Å². The maximum Gasteiger partial charge on any atom is 0.271 e. The topological polar surface area (TPSA) is 72.2 Å². The molecule has 0 fully saturated rings. The second kappa shape index (κ2) is 5.62. The fraction of sp³-hybridized carbons (Fsp3) is 0.0909. The molecule has 1 heterocycles. The Morgan fingerprint density at radius 2 is 1.67 bits per heavy atom. The van der Waals surface area contributed by atoms with Crippen LogP contribution in [0.4, 0.5) is 23.2 Å². The van der Waals surface area contributed by atoms with Crippen LogP contribution in [0.5, 0.6) is 0 Å². The zero-order chi connectivity index (χ0) is 15.8. The summed E-state index contributed by atoms with van der Waals surface area (Å²) in [5, 5.41) is 1.44. The van der Waals surface area contributed by atoms with E-state index in [0.717, 1.165) is 11.3 Å². The fourth-order valence-corrected chi connectivity index (χ4v) is 3.73. The molecule has 21 heavy (non-hydrogen) atoms. The fourth-order valence-electron chi connectivity index (χ4n) is 1.45. The van der Waals surface area contributed by atoms with Crippen molar-refractivity contribution in [3.63, 3.8) is 0 Å². The van der Waals surface area contributed by atoms with E-state index in [4.69, 9.17) is 5.73 Å². The molecule has 0 aliphatic carbocycles. The summed E-state index contributed by atoms with van der Waals surface area (Å²) in [4.78, 5) is 0. The molecule has 10 heteroatoms. The van der Waals surface area contributed by atoms with Crippen molar-refractivity contribution in [2.45, 2.75) is 10.8 Å². The van der Waals surface area contributed by atoms with Gasteiger partial charge in [-0.25, -0.2) is 26.0 Å². The van der Waals surface area contributed by atoms with Gasteiger partial charge in [-0.15, -0.1) is 11.3 Å². The van der Waals surface area contributed by atoms with Crippen LogP contribution in [-0.2, 0) is 16.6 Å². The van der Waals surface area contributed by atoms with E-state index in [-0.39, 0.29) is 16.8 Å². The molecule has 3 N–H and O–H groups in total. The van der Waals surface area contributed by atoms with E-state index in [0.29, 0.717) is 5.56 Å². The molecule has 0 unspecified atom stereocenters. The van der Waals surface area contributed by atoms with Gasteiger partial charge in [-0.3, -0.25) is 4.72 Å². The van der Waals surface area contributed by atoms with E-state index in [9.17, 15) is 26.0 Å². The summed E-state index contributed by atoms with van der Waals surface area (Å²) >= 11 is 0.758. The summed E-state index contributed by atoms with van der Waals surface area (Å²) in [7, 11) is -4.38. The van der Waals surface area contributed by atoms with Gasteiger partial charge in [0.05, 0.1) is 0 Å². The van der Waals surface area contributed by atoms with Crippen molar-refractivity contribution < 1.29 is 26.0 Å². The van der Waals surface area contributed by atoms with Crippen LogP contribution in [0.2, 0.25) is 0 Å². The van der Waals surface area contributed by atoms with Gasteiger partial charge in [0, 0.05) is 12.6 Å². The molecule has 1 aromatic carbocycles. The molecular weight excluding hydrogens is 332 g/mol.